The van der Waals surface area contributed by atoms with Gasteiger partial charge in [0.15, 0.2) is 0 Å². The van der Waals surface area contributed by atoms with Gasteiger partial charge in [0.05, 0.1) is 0 Å². The molecule has 2 aromatic heterocycles. The summed E-state index contributed by atoms with van der Waals surface area (Å²) >= 11 is 0. The standard InChI is InChI=1S/C19H26N4/c1-15-4-7-19(21-13-15)22-11-8-16(9-12-22)20-14-18-3-2-10-23(18)17-5-6-17/h2-4,7,10,13,16-17,20H,5-6,8-9,11-12,14H2,1H3. The van der Waals surface area contributed by atoms with Crippen LogP contribution >= 0.6 is 0 Å². The highest BCUT2D eigenvalue weighted by Gasteiger charge is 2.25. The van der Waals surface area contributed by atoms with Crippen molar-refractivity contribution < 1.29 is 0 Å². The molecule has 2 aliphatic rings. The highest BCUT2D eigenvalue weighted by molar-refractivity contribution is 5.39. The molecule has 3 heterocycles. The number of aryl methyl sites for hydroxylation is 1. The molecule has 122 valence electrons. The molecule has 0 atom stereocenters. The Morgan fingerprint density at radius 2 is 1.96 bits per heavy atom. The fourth-order valence-corrected chi connectivity index (χ4v) is 3.50. The first-order chi connectivity index (χ1) is 11.3. The average molecular weight is 310 g/mol. The normalized spacial score (nSPS) is 19.3. The molecule has 23 heavy (non-hydrogen) atoms. The molecule has 0 aromatic carbocycles. The van der Waals surface area contributed by atoms with Crippen molar-refractivity contribution >= 4 is 5.82 Å². The smallest absolute Gasteiger partial charge is 0.128 e. The van der Waals surface area contributed by atoms with E-state index in [9.17, 15) is 0 Å². The van der Waals surface area contributed by atoms with Crippen LogP contribution in [-0.4, -0.2) is 28.7 Å². The maximum absolute atomic E-state index is 4.55. The molecule has 0 radical (unpaired) electrons. The van der Waals surface area contributed by atoms with Crippen molar-refractivity contribution in [3.05, 3.63) is 47.9 Å². The summed E-state index contributed by atoms with van der Waals surface area (Å²) in [4.78, 5) is 6.96. The maximum atomic E-state index is 4.55. The lowest BCUT2D eigenvalue weighted by Gasteiger charge is -2.33. The molecule has 1 aliphatic heterocycles. The number of hydrogen-bond acceptors (Lipinski definition) is 3. The van der Waals surface area contributed by atoms with E-state index in [2.05, 4.69) is 57.2 Å². The number of nitrogens with one attached hydrogen (secondary N) is 1. The lowest BCUT2D eigenvalue weighted by atomic mass is 10.0. The first kappa shape index (κ1) is 14.8. The van der Waals surface area contributed by atoms with Gasteiger partial charge in [-0.1, -0.05) is 6.07 Å². The summed E-state index contributed by atoms with van der Waals surface area (Å²) in [6, 6.07) is 10.1. The van der Waals surface area contributed by atoms with Gasteiger partial charge in [0.1, 0.15) is 5.82 Å². The van der Waals surface area contributed by atoms with Crippen LogP contribution in [0, 0.1) is 6.92 Å². The number of aromatic nitrogens is 2. The predicted octanol–water partition coefficient (Wildman–Crippen LogP) is 3.29. The summed E-state index contributed by atoms with van der Waals surface area (Å²) in [7, 11) is 0. The molecule has 4 nitrogen and oxygen atoms in total. The van der Waals surface area contributed by atoms with Crippen LogP contribution in [0.15, 0.2) is 36.7 Å². The van der Waals surface area contributed by atoms with Crippen LogP contribution in [0.3, 0.4) is 0 Å². The molecule has 2 aromatic rings. The van der Waals surface area contributed by atoms with E-state index in [-0.39, 0.29) is 0 Å². The summed E-state index contributed by atoms with van der Waals surface area (Å²) in [5.74, 6) is 1.12. The van der Waals surface area contributed by atoms with Crippen LogP contribution in [0.1, 0.15) is 43.0 Å². The van der Waals surface area contributed by atoms with Crippen LogP contribution in [-0.2, 0) is 6.54 Å². The molecule has 1 saturated carbocycles. The monoisotopic (exact) mass is 310 g/mol. The third-order valence-corrected chi connectivity index (χ3v) is 5.09. The Bertz CT molecular complexity index is 634. The maximum Gasteiger partial charge on any atom is 0.128 e. The van der Waals surface area contributed by atoms with Crippen molar-refractivity contribution in [2.24, 2.45) is 0 Å². The molecule has 4 rings (SSSR count). The first-order valence-corrected chi connectivity index (χ1v) is 8.86. The van der Waals surface area contributed by atoms with Gasteiger partial charge in [-0.25, -0.2) is 4.98 Å². The minimum absolute atomic E-state index is 0.624. The van der Waals surface area contributed by atoms with Gasteiger partial charge in [0.25, 0.3) is 0 Å². The number of rotatable bonds is 5. The largest absolute Gasteiger partial charge is 0.357 e. The second kappa shape index (κ2) is 6.36. The molecule has 1 saturated heterocycles. The summed E-state index contributed by atoms with van der Waals surface area (Å²) in [5.41, 5.74) is 2.67. The molecule has 0 spiro atoms. The second-order valence-electron chi connectivity index (χ2n) is 6.97. The molecule has 0 amide bonds. The molecule has 2 fully saturated rings. The Balaban J connectivity index is 1.28. The van der Waals surface area contributed by atoms with Crippen molar-refractivity contribution in [3.63, 3.8) is 0 Å². The molecular formula is C19H26N4. The second-order valence-corrected chi connectivity index (χ2v) is 6.97. The highest BCUT2D eigenvalue weighted by atomic mass is 15.2. The minimum atomic E-state index is 0.624. The third-order valence-electron chi connectivity index (χ3n) is 5.09. The van der Waals surface area contributed by atoms with E-state index in [0.29, 0.717) is 6.04 Å². The van der Waals surface area contributed by atoms with E-state index >= 15 is 0 Å². The van der Waals surface area contributed by atoms with Gasteiger partial charge in [-0.3, -0.25) is 0 Å². The van der Waals surface area contributed by atoms with Crippen LogP contribution in [0.5, 0.6) is 0 Å². The first-order valence-electron chi connectivity index (χ1n) is 8.86. The number of nitrogens with zero attached hydrogens (tertiary/aromatic N) is 3. The van der Waals surface area contributed by atoms with Crippen molar-refractivity contribution in [2.45, 2.75) is 51.2 Å². The van der Waals surface area contributed by atoms with Gasteiger partial charge in [0, 0.05) is 49.8 Å². The van der Waals surface area contributed by atoms with Gasteiger partial charge in [-0.05, 0) is 56.4 Å². The van der Waals surface area contributed by atoms with Gasteiger partial charge >= 0.3 is 0 Å². The van der Waals surface area contributed by atoms with E-state index < -0.39 is 0 Å². The number of anilines is 1. The van der Waals surface area contributed by atoms with Gasteiger partial charge in [0.2, 0.25) is 0 Å². The van der Waals surface area contributed by atoms with Crippen LogP contribution in [0.2, 0.25) is 0 Å². The topological polar surface area (TPSA) is 33.1 Å². The van der Waals surface area contributed by atoms with Gasteiger partial charge in [-0.15, -0.1) is 0 Å². The fourth-order valence-electron chi connectivity index (χ4n) is 3.50. The molecule has 0 unspecified atom stereocenters. The van der Waals surface area contributed by atoms with E-state index in [1.807, 2.05) is 6.20 Å². The molecular weight excluding hydrogens is 284 g/mol. The fraction of sp³-hybridized carbons (Fsp3) is 0.526. The minimum Gasteiger partial charge on any atom is -0.357 e. The highest BCUT2D eigenvalue weighted by Crippen LogP contribution is 2.36. The number of pyridine rings is 1. The molecule has 4 heteroatoms. The Kier molecular flexibility index (Phi) is 4.08. The summed E-state index contributed by atoms with van der Waals surface area (Å²) in [6.45, 7) is 5.27. The van der Waals surface area contributed by atoms with Crippen molar-refractivity contribution in [3.8, 4) is 0 Å². The number of hydrogen-bond donors (Lipinski definition) is 1. The molecule has 1 aliphatic carbocycles. The lowest BCUT2D eigenvalue weighted by molar-refractivity contribution is 0.407. The van der Waals surface area contributed by atoms with Gasteiger partial charge < -0.3 is 14.8 Å². The summed E-state index contributed by atoms with van der Waals surface area (Å²) in [5, 5.41) is 3.76. The average Bonchev–Trinajstić information content (AvgIpc) is 3.32. The van der Waals surface area contributed by atoms with Crippen LogP contribution in [0.4, 0.5) is 5.82 Å². The van der Waals surface area contributed by atoms with Crippen molar-refractivity contribution in [1.82, 2.24) is 14.9 Å². The zero-order valence-corrected chi connectivity index (χ0v) is 13.9. The van der Waals surface area contributed by atoms with E-state index in [1.54, 1.807) is 0 Å². The summed E-state index contributed by atoms with van der Waals surface area (Å²) in [6.07, 6.45) is 9.29. The van der Waals surface area contributed by atoms with Crippen molar-refractivity contribution in [2.75, 3.05) is 18.0 Å². The summed E-state index contributed by atoms with van der Waals surface area (Å²) < 4.78 is 2.46. The lowest BCUT2D eigenvalue weighted by Crippen LogP contribution is -2.42. The predicted molar refractivity (Wildman–Crippen MR) is 93.8 cm³/mol. The van der Waals surface area contributed by atoms with E-state index in [0.717, 1.165) is 31.5 Å². The molecule has 0 bridgehead atoms. The Morgan fingerprint density at radius 1 is 1.13 bits per heavy atom. The van der Waals surface area contributed by atoms with Crippen LogP contribution in [0.25, 0.3) is 0 Å². The van der Waals surface area contributed by atoms with E-state index in [4.69, 9.17) is 0 Å². The zero-order valence-electron chi connectivity index (χ0n) is 13.9. The Hall–Kier alpha value is -1.81. The van der Waals surface area contributed by atoms with Crippen LogP contribution < -0.4 is 10.2 Å². The zero-order chi connectivity index (χ0) is 15.6. The Morgan fingerprint density at radius 3 is 2.65 bits per heavy atom. The Labute approximate surface area is 138 Å². The SMILES string of the molecule is Cc1ccc(N2CCC(NCc3cccn3C3CC3)CC2)nc1. The quantitative estimate of drug-likeness (QED) is 0.920. The van der Waals surface area contributed by atoms with Gasteiger partial charge in [-0.2, -0.15) is 0 Å². The number of piperidine rings is 1. The van der Waals surface area contributed by atoms with E-state index in [1.165, 1.54) is 36.9 Å². The molecule has 1 N–H and O–H groups in total. The van der Waals surface area contributed by atoms with Crippen molar-refractivity contribution in [1.29, 1.82) is 0 Å². The third kappa shape index (κ3) is 3.42.